The zero-order valence-corrected chi connectivity index (χ0v) is 13.7. The number of halogens is 2. The molecular formula is C14H12Cl2N2O3S. The van der Waals surface area contributed by atoms with E-state index < -0.39 is 5.56 Å². The van der Waals surface area contributed by atoms with Crippen molar-refractivity contribution < 1.29 is 9.53 Å². The highest BCUT2D eigenvalue weighted by atomic mass is 35.5. The summed E-state index contributed by atoms with van der Waals surface area (Å²) in [6.07, 6.45) is -0.218. The van der Waals surface area contributed by atoms with E-state index in [0.717, 1.165) is 17.1 Å². The van der Waals surface area contributed by atoms with Gasteiger partial charge in [-0.05, 0) is 17.7 Å². The Labute approximate surface area is 140 Å². The largest absolute Gasteiger partial charge is 0.370 e. The fourth-order valence-corrected chi connectivity index (χ4v) is 3.41. The average molecular weight is 359 g/mol. The summed E-state index contributed by atoms with van der Waals surface area (Å²) in [5.41, 5.74) is 0.521. The number of ether oxygens (including phenoxy) is 1. The van der Waals surface area contributed by atoms with E-state index in [1.165, 1.54) is 0 Å². The number of hydrogen-bond donors (Lipinski definition) is 1. The van der Waals surface area contributed by atoms with Gasteiger partial charge >= 0.3 is 0 Å². The van der Waals surface area contributed by atoms with Crippen LogP contribution in [0.1, 0.15) is 21.3 Å². The lowest BCUT2D eigenvalue weighted by Gasteiger charge is -2.33. The first-order valence-electron chi connectivity index (χ1n) is 6.59. The lowest BCUT2D eigenvalue weighted by atomic mass is 10.1. The minimum Gasteiger partial charge on any atom is -0.370 e. The minimum absolute atomic E-state index is 0.0514. The molecule has 3 rings (SSSR count). The van der Waals surface area contributed by atoms with Gasteiger partial charge in [-0.25, -0.2) is 0 Å². The van der Waals surface area contributed by atoms with Gasteiger partial charge in [0, 0.05) is 11.6 Å². The molecule has 0 spiro atoms. The van der Waals surface area contributed by atoms with Crippen LogP contribution in [0, 0.1) is 0 Å². The van der Waals surface area contributed by atoms with Gasteiger partial charge in [0.15, 0.2) is 0 Å². The SMILES string of the molecule is O=C(c1s[nH]c(=O)c1Cl)N1CCO[C@H](c2ccc(Cl)cc2)C1. The summed E-state index contributed by atoms with van der Waals surface area (Å²) in [5.74, 6) is -0.254. The summed E-state index contributed by atoms with van der Waals surface area (Å²) in [7, 11) is 0. The van der Waals surface area contributed by atoms with Crippen LogP contribution in [0.2, 0.25) is 10.0 Å². The molecule has 0 bridgehead atoms. The topological polar surface area (TPSA) is 62.4 Å². The molecule has 0 unspecified atom stereocenters. The number of hydrogen-bond acceptors (Lipinski definition) is 4. The molecule has 1 saturated heterocycles. The van der Waals surface area contributed by atoms with Crippen LogP contribution in [0.5, 0.6) is 0 Å². The summed E-state index contributed by atoms with van der Waals surface area (Å²) in [6.45, 7) is 1.30. The Hall–Kier alpha value is -1.34. The maximum absolute atomic E-state index is 12.5. The van der Waals surface area contributed by atoms with E-state index in [0.29, 0.717) is 24.7 Å². The van der Waals surface area contributed by atoms with Crippen LogP contribution >= 0.6 is 34.7 Å². The van der Waals surface area contributed by atoms with Crippen molar-refractivity contribution in [3.05, 3.63) is 55.1 Å². The Balaban J connectivity index is 1.78. The Bertz CT molecular complexity index is 741. The number of morpholine rings is 1. The molecule has 1 aliphatic rings. The summed E-state index contributed by atoms with van der Waals surface area (Å²) in [6, 6.07) is 7.33. The van der Waals surface area contributed by atoms with Crippen LogP contribution in [0.4, 0.5) is 0 Å². The third kappa shape index (κ3) is 3.05. The zero-order valence-electron chi connectivity index (χ0n) is 11.3. The van der Waals surface area contributed by atoms with Gasteiger partial charge in [0.2, 0.25) is 0 Å². The van der Waals surface area contributed by atoms with E-state index in [-0.39, 0.29) is 21.9 Å². The molecule has 1 aliphatic heterocycles. The van der Waals surface area contributed by atoms with Crippen LogP contribution < -0.4 is 5.56 Å². The summed E-state index contributed by atoms with van der Waals surface area (Å²) >= 11 is 12.7. The van der Waals surface area contributed by atoms with E-state index in [2.05, 4.69) is 4.37 Å². The maximum atomic E-state index is 12.5. The second-order valence-electron chi connectivity index (χ2n) is 4.84. The third-order valence-corrected chi connectivity index (χ3v) is 5.03. The Morgan fingerprint density at radius 1 is 1.32 bits per heavy atom. The van der Waals surface area contributed by atoms with Gasteiger partial charge in [-0.2, -0.15) is 0 Å². The predicted molar refractivity (Wildman–Crippen MR) is 86.0 cm³/mol. The number of benzene rings is 1. The molecule has 0 aliphatic carbocycles. The molecule has 0 saturated carbocycles. The molecular weight excluding hydrogens is 347 g/mol. The number of rotatable bonds is 2. The highest BCUT2D eigenvalue weighted by molar-refractivity contribution is 7.08. The number of nitrogens with one attached hydrogen (secondary N) is 1. The fourth-order valence-electron chi connectivity index (χ4n) is 2.28. The second-order valence-corrected chi connectivity index (χ2v) is 6.47. The molecule has 1 fully saturated rings. The van der Waals surface area contributed by atoms with Crippen LogP contribution in [0.3, 0.4) is 0 Å². The highest BCUT2D eigenvalue weighted by Crippen LogP contribution is 2.26. The number of aromatic nitrogens is 1. The van der Waals surface area contributed by atoms with Crippen molar-refractivity contribution in [3.8, 4) is 0 Å². The number of carbonyl (C=O) groups is 1. The standard InChI is InChI=1S/C14H12Cl2N2O3S/c15-9-3-1-8(2-4-9)10-7-18(5-6-21-10)14(20)12-11(16)13(19)17-22-12/h1-4,10H,5-7H2,(H,17,19)/t10-/m0/s1. The lowest BCUT2D eigenvalue weighted by Crippen LogP contribution is -2.42. The van der Waals surface area contributed by atoms with Gasteiger partial charge in [-0.15, -0.1) is 0 Å². The van der Waals surface area contributed by atoms with Gasteiger partial charge in [-0.1, -0.05) is 46.9 Å². The van der Waals surface area contributed by atoms with Crippen LogP contribution in [0.15, 0.2) is 29.1 Å². The van der Waals surface area contributed by atoms with E-state index in [9.17, 15) is 9.59 Å². The first-order chi connectivity index (χ1) is 10.6. The van der Waals surface area contributed by atoms with Crippen LogP contribution in [-0.2, 0) is 4.74 Å². The summed E-state index contributed by atoms with van der Waals surface area (Å²) < 4.78 is 8.19. The molecule has 22 heavy (non-hydrogen) atoms. The molecule has 2 heterocycles. The van der Waals surface area contributed by atoms with E-state index in [4.69, 9.17) is 27.9 Å². The third-order valence-electron chi connectivity index (χ3n) is 3.43. The Morgan fingerprint density at radius 3 is 2.68 bits per heavy atom. The monoisotopic (exact) mass is 358 g/mol. The molecule has 116 valence electrons. The maximum Gasteiger partial charge on any atom is 0.277 e. The molecule has 2 aromatic rings. The van der Waals surface area contributed by atoms with E-state index in [1.54, 1.807) is 17.0 Å². The van der Waals surface area contributed by atoms with Crippen molar-refractivity contribution in [3.63, 3.8) is 0 Å². The number of amides is 1. The summed E-state index contributed by atoms with van der Waals surface area (Å²) in [4.78, 5) is 25.7. The number of nitrogens with zero attached hydrogens (tertiary/aromatic N) is 1. The number of aromatic amines is 1. The summed E-state index contributed by atoms with van der Waals surface area (Å²) in [5, 5.41) is 0.598. The molecule has 1 amide bonds. The van der Waals surface area contributed by atoms with E-state index >= 15 is 0 Å². The molecule has 1 N–H and O–H groups in total. The van der Waals surface area contributed by atoms with Gasteiger partial charge in [0.05, 0.1) is 13.2 Å². The van der Waals surface area contributed by atoms with Crippen LogP contribution in [0.25, 0.3) is 0 Å². The van der Waals surface area contributed by atoms with Crippen molar-refractivity contribution >= 4 is 40.6 Å². The average Bonchev–Trinajstić information content (AvgIpc) is 2.87. The van der Waals surface area contributed by atoms with Gasteiger partial charge < -0.3 is 9.64 Å². The zero-order chi connectivity index (χ0) is 15.7. The molecule has 8 heteroatoms. The van der Waals surface area contributed by atoms with Crippen molar-refractivity contribution in [1.29, 1.82) is 0 Å². The normalized spacial score (nSPS) is 18.5. The van der Waals surface area contributed by atoms with Crippen LogP contribution in [-0.4, -0.2) is 34.9 Å². The quantitative estimate of drug-likeness (QED) is 0.897. The highest BCUT2D eigenvalue weighted by Gasteiger charge is 2.28. The molecule has 5 nitrogen and oxygen atoms in total. The first-order valence-corrected chi connectivity index (χ1v) is 8.17. The smallest absolute Gasteiger partial charge is 0.277 e. The number of H-pyrrole nitrogens is 1. The molecule has 1 atom stereocenters. The van der Waals surface area contributed by atoms with Crippen molar-refractivity contribution in [2.75, 3.05) is 19.7 Å². The first kappa shape index (κ1) is 15.6. The Kier molecular flexibility index (Phi) is 4.54. The van der Waals surface area contributed by atoms with E-state index in [1.807, 2.05) is 12.1 Å². The predicted octanol–water partition coefficient (Wildman–Crippen LogP) is 2.96. The van der Waals surface area contributed by atoms with Crippen molar-refractivity contribution in [2.24, 2.45) is 0 Å². The second kappa shape index (κ2) is 6.42. The fraction of sp³-hybridized carbons (Fsp3) is 0.286. The molecule has 0 radical (unpaired) electrons. The minimum atomic E-state index is -0.433. The van der Waals surface area contributed by atoms with Gasteiger partial charge in [0.25, 0.3) is 11.5 Å². The van der Waals surface area contributed by atoms with Gasteiger partial charge in [0.1, 0.15) is 16.0 Å². The molecule has 1 aromatic heterocycles. The number of carbonyl (C=O) groups excluding carboxylic acids is 1. The van der Waals surface area contributed by atoms with Gasteiger partial charge in [-0.3, -0.25) is 14.0 Å². The van der Waals surface area contributed by atoms with Crippen molar-refractivity contribution in [2.45, 2.75) is 6.10 Å². The lowest BCUT2D eigenvalue weighted by molar-refractivity contribution is -0.0226. The molecule has 1 aromatic carbocycles. The van der Waals surface area contributed by atoms with Crippen molar-refractivity contribution in [1.82, 2.24) is 9.27 Å². The Morgan fingerprint density at radius 2 is 2.05 bits per heavy atom.